The number of carbonyl (C=O) groups excluding carboxylic acids is 1. The molecule has 0 unspecified atom stereocenters. The first-order chi connectivity index (χ1) is 18.8. The van der Waals surface area contributed by atoms with Crippen molar-refractivity contribution >= 4 is 5.91 Å². The maximum Gasteiger partial charge on any atom is 0.224 e. The molecule has 0 spiro atoms. The molecule has 0 saturated carbocycles. The van der Waals surface area contributed by atoms with Gasteiger partial charge in [0, 0.05) is 6.54 Å². The van der Waals surface area contributed by atoms with Gasteiger partial charge in [-0.05, 0) is 52.9 Å². The van der Waals surface area contributed by atoms with Crippen LogP contribution in [0.15, 0.2) is 103 Å². The smallest absolute Gasteiger partial charge is 0.224 e. The van der Waals surface area contributed by atoms with E-state index in [0.29, 0.717) is 43.2 Å². The lowest BCUT2D eigenvalue weighted by Gasteiger charge is -2.15. The van der Waals surface area contributed by atoms with Crippen LogP contribution in [0.2, 0.25) is 0 Å². The average molecular weight is 485 g/mol. The molecular weight excluding hydrogens is 450 g/mol. The zero-order valence-electron chi connectivity index (χ0n) is 23.0. The molecule has 0 aliphatic heterocycles. The van der Waals surface area contributed by atoms with E-state index in [9.17, 15) is 4.79 Å². The van der Waals surface area contributed by atoms with Crippen molar-refractivity contribution in [1.29, 1.82) is 0 Å². The standard InChI is InChI=1S/C31H31NO4/c1-34-28-14-8-13-27(19-28)21-31(33)32-18-17-24-15-16-29(35-22-25-9-4-2-5-10-25)30(20-24)36-23-26-11-6-3-7-12-26/h2-16,19-20H,17-18,21-23H2,1H3,(H,32,33)/i1D3. The molecule has 0 aliphatic carbocycles. The lowest BCUT2D eigenvalue weighted by molar-refractivity contribution is -0.120. The van der Waals surface area contributed by atoms with Crippen LogP contribution in [0.25, 0.3) is 0 Å². The van der Waals surface area contributed by atoms with Crippen molar-refractivity contribution in [2.75, 3.05) is 13.6 Å². The maximum atomic E-state index is 12.5. The first kappa shape index (κ1) is 21.1. The van der Waals surface area contributed by atoms with Crippen molar-refractivity contribution in [2.24, 2.45) is 0 Å². The van der Waals surface area contributed by atoms with Gasteiger partial charge in [-0.2, -0.15) is 0 Å². The van der Waals surface area contributed by atoms with Gasteiger partial charge >= 0.3 is 0 Å². The van der Waals surface area contributed by atoms with E-state index in [1.54, 1.807) is 24.3 Å². The second-order valence-corrected chi connectivity index (χ2v) is 8.36. The minimum absolute atomic E-state index is 0.121. The lowest BCUT2D eigenvalue weighted by Crippen LogP contribution is -2.27. The predicted octanol–water partition coefficient (Wildman–Crippen LogP) is 5.75. The molecule has 1 amide bonds. The van der Waals surface area contributed by atoms with Gasteiger partial charge in [-0.3, -0.25) is 4.79 Å². The van der Waals surface area contributed by atoms with Crippen LogP contribution in [0.1, 0.15) is 26.4 Å². The molecule has 4 rings (SSSR count). The molecule has 0 aromatic heterocycles. The molecule has 184 valence electrons. The van der Waals surface area contributed by atoms with Gasteiger partial charge in [0.1, 0.15) is 19.0 Å². The van der Waals surface area contributed by atoms with Crippen molar-refractivity contribution in [2.45, 2.75) is 26.1 Å². The quantitative estimate of drug-likeness (QED) is 0.278. The molecule has 36 heavy (non-hydrogen) atoms. The summed E-state index contributed by atoms with van der Waals surface area (Å²) in [6, 6.07) is 32.2. The lowest BCUT2D eigenvalue weighted by atomic mass is 10.1. The van der Waals surface area contributed by atoms with Crippen LogP contribution < -0.4 is 19.5 Å². The molecule has 1 N–H and O–H groups in total. The third-order valence-corrected chi connectivity index (χ3v) is 5.60. The summed E-state index contributed by atoms with van der Waals surface area (Å²) in [4.78, 5) is 12.5. The predicted molar refractivity (Wildman–Crippen MR) is 141 cm³/mol. The normalized spacial score (nSPS) is 12.1. The van der Waals surface area contributed by atoms with Gasteiger partial charge in [-0.15, -0.1) is 0 Å². The number of amides is 1. The number of benzene rings is 4. The van der Waals surface area contributed by atoms with E-state index in [0.717, 1.165) is 16.7 Å². The van der Waals surface area contributed by atoms with Gasteiger partial charge in [0.15, 0.2) is 11.5 Å². The Morgan fingerprint density at radius 2 is 1.39 bits per heavy atom. The van der Waals surface area contributed by atoms with Gasteiger partial charge in [0.05, 0.1) is 17.6 Å². The van der Waals surface area contributed by atoms with Crippen molar-refractivity contribution < 1.29 is 23.1 Å². The molecule has 5 heteroatoms. The van der Waals surface area contributed by atoms with Crippen LogP contribution >= 0.6 is 0 Å². The second kappa shape index (κ2) is 13.0. The van der Waals surface area contributed by atoms with Crippen molar-refractivity contribution in [3.8, 4) is 17.2 Å². The van der Waals surface area contributed by atoms with Gasteiger partial charge < -0.3 is 19.5 Å². The van der Waals surface area contributed by atoms with Crippen molar-refractivity contribution in [1.82, 2.24) is 5.32 Å². The first-order valence-corrected chi connectivity index (χ1v) is 11.9. The van der Waals surface area contributed by atoms with E-state index < -0.39 is 7.04 Å². The summed E-state index contributed by atoms with van der Waals surface area (Å²) in [6.45, 7) is 1.27. The number of hydrogen-bond donors (Lipinski definition) is 1. The zero-order valence-corrected chi connectivity index (χ0v) is 20.0. The number of methoxy groups -OCH3 is 1. The number of hydrogen-bond acceptors (Lipinski definition) is 4. The van der Waals surface area contributed by atoms with E-state index in [1.807, 2.05) is 78.9 Å². The van der Waals surface area contributed by atoms with Crippen molar-refractivity contribution in [3.05, 3.63) is 125 Å². The Morgan fingerprint density at radius 3 is 2.08 bits per heavy atom. The number of ether oxygens (including phenoxy) is 3. The summed E-state index contributed by atoms with van der Waals surface area (Å²) in [5.41, 5.74) is 3.79. The fraction of sp³-hybridized carbons (Fsp3) is 0.194. The maximum absolute atomic E-state index is 12.5. The highest BCUT2D eigenvalue weighted by Crippen LogP contribution is 2.30. The van der Waals surface area contributed by atoms with Crippen LogP contribution in [0, 0.1) is 0 Å². The van der Waals surface area contributed by atoms with Crippen LogP contribution in [0.5, 0.6) is 17.2 Å². The highest BCUT2D eigenvalue weighted by atomic mass is 16.5. The summed E-state index contributed by atoms with van der Waals surface area (Å²) < 4.78 is 38.8. The molecule has 4 aromatic carbocycles. The number of nitrogens with one attached hydrogen (secondary N) is 1. The Bertz CT molecular complexity index is 1350. The van der Waals surface area contributed by atoms with E-state index in [2.05, 4.69) is 5.32 Å². The molecule has 0 aliphatic rings. The van der Waals surface area contributed by atoms with E-state index in [4.69, 9.17) is 18.3 Å². The average Bonchev–Trinajstić information content (AvgIpc) is 2.92. The monoisotopic (exact) mass is 484 g/mol. The summed E-state index contributed by atoms with van der Waals surface area (Å²) >= 11 is 0. The first-order valence-electron chi connectivity index (χ1n) is 13.4. The summed E-state index contributed by atoms with van der Waals surface area (Å²) in [5.74, 6) is 1.34. The molecule has 5 nitrogen and oxygen atoms in total. The Kier molecular flexibility index (Phi) is 7.61. The molecule has 0 atom stereocenters. The van der Waals surface area contributed by atoms with Crippen LogP contribution in [-0.2, 0) is 30.8 Å². The fourth-order valence-electron chi connectivity index (χ4n) is 3.72. The molecule has 0 saturated heterocycles. The highest BCUT2D eigenvalue weighted by molar-refractivity contribution is 5.78. The molecule has 0 fully saturated rings. The topological polar surface area (TPSA) is 56.8 Å². The molecule has 0 radical (unpaired) electrons. The minimum atomic E-state index is -2.54. The second-order valence-electron chi connectivity index (χ2n) is 8.36. The van der Waals surface area contributed by atoms with Crippen LogP contribution in [-0.4, -0.2) is 19.5 Å². The minimum Gasteiger partial charge on any atom is -0.497 e. The van der Waals surface area contributed by atoms with Gasteiger partial charge in [0.25, 0.3) is 0 Å². The fourth-order valence-corrected chi connectivity index (χ4v) is 3.72. The largest absolute Gasteiger partial charge is 0.497 e. The van der Waals surface area contributed by atoms with Crippen molar-refractivity contribution in [3.63, 3.8) is 0 Å². The van der Waals surface area contributed by atoms with Crippen LogP contribution in [0.3, 0.4) is 0 Å². The summed E-state index contributed by atoms with van der Waals surface area (Å²) in [6.07, 6.45) is 0.727. The summed E-state index contributed by atoms with van der Waals surface area (Å²) in [7, 11) is -2.54. The van der Waals surface area contributed by atoms with E-state index in [1.165, 1.54) is 0 Å². The Labute approximate surface area is 216 Å². The Morgan fingerprint density at radius 1 is 0.722 bits per heavy atom. The number of carbonyl (C=O) groups is 1. The van der Waals surface area contributed by atoms with E-state index >= 15 is 0 Å². The zero-order chi connectivity index (χ0) is 27.5. The Hall–Kier alpha value is -4.25. The van der Waals surface area contributed by atoms with E-state index in [-0.39, 0.29) is 18.1 Å². The van der Waals surface area contributed by atoms with Crippen LogP contribution in [0.4, 0.5) is 0 Å². The molecular formula is C31H31NO4. The van der Waals surface area contributed by atoms with Gasteiger partial charge in [0.2, 0.25) is 5.91 Å². The van der Waals surface area contributed by atoms with Gasteiger partial charge in [-0.25, -0.2) is 0 Å². The molecule has 0 heterocycles. The number of rotatable bonds is 12. The third-order valence-electron chi connectivity index (χ3n) is 5.60. The summed E-state index contributed by atoms with van der Waals surface area (Å²) in [5, 5.41) is 2.92. The highest BCUT2D eigenvalue weighted by Gasteiger charge is 2.10. The molecule has 0 bridgehead atoms. The van der Waals surface area contributed by atoms with Gasteiger partial charge in [-0.1, -0.05) is 78.9 Å². The SMILES string of the molecule is [2H]C([2H])([2H])Oc1cccc(CC(=O)NCCc2ccc(OCc3ccccc3)c(OCc3ccccc3)c2)c1. The third kappa shape index (κ3) is 7.64. The Balaban J connectivity index is 1.35. The molecule has 4 aromatic rings.